The average molecular weight is 355 g/mol. The Kier molecular flexibility index (Phi) is 3.77. The van der Waals surface area contributed by atoms with E-state index in [-0.39, 0.29) is 17.2 Å². The van der Waals surface area contributed by atoms with Crippen LogP contribution in [-0.4, -0.2) is 15.3 Å². The van der Waals surface area contributed by atoms with E-state index in [0.717, 1.165) is 18.2 Å². The van der Waals surface area contributed by atoms with Crippen LogP contribution in [0.25, 0.3) is 16.9 Å². The van der Waals surface area contributed by atoms with Gasteiger partial charge in [0.2, 0.25) is 0 Å². The van der Waals surface area contributed by atoms with Crippen LogP contribution in [0.4, 0.5) is 14.6 Å². The molecule has 0 spiro atoms. The second-order valence-corrected chi connectivity index (χ2v) is 6.24. The van der Waals surface area contributed by atoms with Crippen molar-refractivity contribution in [2.45, 2.75) is 0 Å². The number of aromatic nitrogens is 2. The summed E-state index contributed by atoms with van der Waals surface area (Å²) in [6.07, 6.45) is 1.70. The van der Waals surface area contributed by atoms with Gasteiger partial charge in [-0.2, -0.15) is 0 Å². The third-order valence-corrected chi connectivity index (χ3v) is 4.56. The fourth-order valence-corrected chi connectivity index (χ4v) is 3.18. The fourth-order valence-electron chi connectivity index (χ4n) is 2.56. The number of benzene rings is 1. The van der Waals surface area contributed by atoms with Crippen molar-refractivity contribution >= 4 is 28.7 Å². The number of nitrogens with one attached hydrogen (secondary N) is 1. The molecule has 4 aromatic rings. The zero-order chi connectivity index (χ0) is 17.4. The van der Waals surface area contributed by atoms with Crippen LogP contribution in [0.2, 0.25) is 0 Å². The first-order valence-electron chi connectivity index (χ1n) is 7.41. The topological polar surface area (TPSA) is 46.4 Å². The molecular weight excluding hydrogens is 344 g/mol. The highest BCUT2D eigenvalue weighted by Gasteiger charge is 2.20. The molecule has 0 radical (unpaired) electrons. The molecule has 0 aliphatic carbocycles. The predicted octanol–water partition coefficient (Wildman–Crippen LogP) is 4.59. The monoisotopic (exact) mass is 355 g/mol. The number of hydrogen-bond donors (Lipinski definition) is 1. The lowest BCUT2D eigenvalue weighted by Crippen LogP contribution is -2.12. The third kappa shape index (κ3) is 2.78. The number of hydrogen-bond acceptors (Lipinski definition) is 3. The van der Waals surface area contributed by atoms with Gasteiger partial charge >= 0.3 is 0 Å². The van der Waals surface area contributed by atoms with E-state index in [2.05, 4.69) is 10.3 Å². The molecule has 3 aromatic heterocycles. The molecule has 1 aromatic carbocycles. The molecule has 0 aliphatic heterocycles. The number of rotatable bonds is 3. The molecule has 1 amide bonds. The number of halogens is 2. The molecular formula is C18H11F2N3OS. The summed E-state index contributed by atoms with van der Waals surface area (Å²) < 4.78 is 29.5. The van der Waals surface area contributed by atoms with Crippen LogP contribution in [0.1, 0.15) is 9.67 Å². The van der Waals surface area contributed by atoms with E-state index in [4.69, 9.17) is 0 Å². The predicted molar refractivity (Wildman–Crippen MR) is 92.8 cm³/mol. The van der Waals surface area contributed by atoms with E-state index in [9.17, 15) is 13.6 Å². The van der Waals surface area contributed by atoms with Crippen molar-refractivity contribution in [3.63, 3.8) is 0 Å². The van der Waals surface area contributed by atoms with Crippen LogP contribution < -0.4 is 5.32 Å². The van der Waals surface area contributed by atoms with Crippen LogP contribution in [-0.2, 0) is 0 Å². The molecule has 4 nitrogen and oxygen atoms in total. The zero-order valence-corrected chi connectivity index (χ0v) is 13.6. The largest absolute Gasteiger partial charge is 0.305 e. The van der Waals surface area contributed by atoms with Gasteiger partial charge in [-0.05, 0) is 41.8 Å². The van der Waals surface area contributed by atoms with E-state index in [0.29, 0.717) is 16.3 Å². The number of fused-ring (bicyclic) bond motifs is 1. The van der Waals surface area contributed by atoms with Crippen LogP contribution in [0.5, 0.6) is 0 Å². The van der Waals surface area contributed by atoms with Crippen molar-refractivity contribution in [3.05, 3.63) is 76.6 Å². The summed E-state index contributed by atoms with van der Waals surface area (Å²) in [5, 5.41) is 4.55. The highest BCUT2D eigenvalue weighted by Crippen LogP contribution is 2.31. The summed E-state index contributed by atoms with van der Waals surface area (Å²) in [5.74, 6) is -1.24. The molecule has 7 heteroatoms. The maximum absolute atomic E-state index is 14.2. The molecule has 4 rings (SSSR count). The zero-order valence-electron chi connectivity index (χ0n) is 12.7. The lowest BCUT2D eigenvalue weighted by Gasteiger charge is -2.07. The standard InChI is InChI=1S/C18H11F2N3OS/c19-11-6-7-13(20)12(10-11)16-17(22-18(24)14-4-3-9-25-14)23-8-2-1-5-15(23)21-16/h1-10H,(H,22,24). The van der Waals surface area contributed by atoms with Crippen molar-refractivity contribution < 1.29 is 13.6 Å². The second-order valence-electron chi connectivity index (χ2n) is 5.29. The maximum atomic E-state index is 14.2. The van der Waals surface area contributed by atoms with Gasteiger partial charge in [-0.1, -0.05) is 12.1 Å². The maximum Gasteiger partial charge on any atom is 0.266 e. The minimum Gasteiger partial charge on any atom is -0.305 e. The van der Waals surface area contributed by atoms with Gasteiger partial charge in [-0.15, -0.1) is 11.3 Å². The van der Waals surface area contributed by atoms with Gasteiger partial charge in [0.1, 0.15) is 28.8 Å². The quantitative estimate of drug-likeness (QED) is 0.584. The molecule has 0 fully saturated rings. The van der Waals surface area contributed by atoms with Crippen LogP contribution in [0.15, 0.2) is 60.1 Å². The third-order valence-electron chi connectivity index (χ3n) is 3.69. The lowest BCUT2D eigenvalue weighted by atomic mass is 10.1. The number of pyridine rings is 1. The molecule has 0 unspecified atom stereocenters. The molecule has 25 heavy (non-hydrogen) atoms. The Morgan fingerprint density at radius 2 is 2.00 bits per heavy atom. The highest BCUT2D eigenvalue weighted by atomic mass is 32.1. The first-order chi connectivity index (χ1) is 12.1. The molecule has 124 valence electrons. The molecule has 0 aliphatic rings. The molecule has 1 N–H and O–H groups in total. The number of carbonyl (C=O) groups is 1. The Bertz CT molecular complexity index is 1070. The van der Waals surface area contributed by atoms with Crippen molar-refractivity contribution in [1.29, 1.82) is 0 Å². The van der Waals surface area contributed by atoms with Gasteiger partial charge in [0.25, 0.3) is 5.91 Å². The Morgan fingerprint density at radius 3 is 2.80 bits per heavy atom. The van der Waals surface area contributed by atoms with E-state index in [1.165, 1.54) is 11.3 Å². The number of imidazole rings is 1. The SMILES string of the molecule is O=C(Nc1c(-c2cc(F)ccc2F)nc2ccccn12)c1cccs1. The van der Waals surface area contributed by atoms with Crippen molar-refractivity contribution in [2.24, 2.45) is 0 Å². The molecule has 0 atom stereocenters. The first kappa shape index (κ1) is 15.5. The summed E-state index contributed by atoms with van der Waals surface area (Å²) in [4.78, 5) is 17.3. The number of amides is 1. The Morgan fingerprint density at radius 1 is 1.12 bits per heavy atom. The van der Waals surface area contributed by atoms with Gasteiger partial charge in [-0.3, -0.25) is 9.20 Å². The molecule has 0 saturated carbocycles. The van der Waals surface area contributed by atoms with Gasteiger partial charge in [-0.25, -0.2) is 13.8 Å². The molecule has 0 bridgehead atoms. The molecule has 0 saturated heterocycles. The summed E-state index contributed by atoms with van der Waals surface area (Å²) >= 11 is 1.29. The second kappa shape index (κ2) is 6.10. The number of thiophene rings is 1. The summed E-state index contributed by atoms with van der Waals surface area (Å²) in [6, 6.07) is 11.9. The van der Waals surface area contributed by atoms with Gasteiger partial charge < -0.3 is 5.32 Å². The van der Waals surface area contributed by atoms with E-state index >= 15 is 0 Å². The summed E-state index contributed by atoms with van der Waals surface area (Å²) in [7, 11) is 0. The number of nitrogens with zero attached hydrogens (tertiary/aromatic N) is 2. The normalized spacial score (nSPS) is 11.0. The Balaban J connectivity index is 1.89. The molecule has 3 heterocycles. The summed E-state index contributed by atoms with van der Waals surface area (Å²) in [6.45, 7) is 0. The van der Waals surface area contributed by atoms with Gasteiger partial charge in [0.15, 0.2) is 0 Å². The lowest BCUT2D eigenvalue weighted by molar-refractivity contribution is 0.103. The van der Waals surface area contributed by atoms with E-state index < -0.39 is 11.6 Å². The van der Waals surface area contributed by atoms with E-state index in [1.807, 2.05) is 0 Å². The van der Waals surface area contributed by atoms with Crippen molar-refractivity contribution in [3.8, 4) is 11.3 Å². The highest BCUT2D eigenvalue weighted by molar-refractivity contribution is 7.12. The van der Waals surface area contributed by atoms with Crippen LogP contribution >= 0.6 is 11.3 Å². The Hall–Kier alpha value is -3.06. The van der Waals surface area contributed by atoms with Crippen LogP contribution in [0, 0.1) is 11.6 Å². The van der Waals surface area contributed by atoms with Crippen molar-refractivity contribution in [1.82, 2.24) is 9.38 Å². The Labute approximate surface area is 145 Å². The first-order valence-corrected chi connectivity index (χ1v) is 8.29. The number of carbonyl (C=O) groups excluding carboxylic acids is 1. The van der Waals surface area contributed by atoms with E-state index in [1.54, 1.807) is 46.3 Å². The number of anilines is 1. The minimum atomic E-state index is -0.614. The van der Waals surface area contributed by atoms with Gasteiger partial charge in [0, 0.05) is 11.8 Å². The van der Waals surface area contributed by atoms with Crippen molar-refractivity contribution in [2.75, 3.05) is 5.32 Å². The average Bonchev–Trinajstić information content (AvgIpc) is 3.26. The smallest absolute Gasteiger partial charge is 0.266 e. The minimum absolute atomic E-state index is 0.00909. The van der Waals surface area contributed by atoms with Gasteiger partial charge in [0.05, 0.1) is 4.88 Å². The summed E-state index contributed by atoms with van der Waals surface area (Å²) in [5.41, 5.74) is 0.681. The fraction of sp³-hybridized carbons (Fsp3) is 0. The van der Waals surface area contributed by atoms with Crippen LogP contribution in [0.3, 0.4) is 0 Å².